The van der Waals surface area contributed by atoms with Gasteiger partial charge in [-0.05, 0) is 85.0 Å². The SMILES string of the molecule is CC1(C)CC(CS(=O)(=O)[O-])c2cc3c(cc2N1CCCC(=O)ON1C(=O)CCC1=O)Oc1cc2c(cc1=N3)CCC[N+]=2CCCS(=O)(=O)O.CCN(C(C)C)C(C)C. The number of aryl methyl sites for hydroxylation is 1. The highest BCUT2D eigenvalue weighted by Gasteiger charge is 2.40. The van der Waals surface area contributed by atoms with Crippen LogP contribution in [0, 0.1) is 0 Å². The van der Waals surface area contributed by atoms with Gasteiger partial charge in [-0.2, -0.15) is 8.42 Å². The highest BCUT2D eigenvalue weighted by molar-refractivity contribution is 7.86. The van der Waals surface area contributed by atoms with Gasteiger partial charge in [-0.3, -0.25) is 19.0 Å². The lowest BCUT2D eigenvalue weighted by Crippen LogP contribution is -2.50. The summed E-state index contributed by atoms with van der Waals surface area (Å²) in [7, 11) is -8.66. The van der Waals surface area contributed by atoms with Gasteiger partial charge in [0.1, 0.15) is 24.1 Å². The molecular formula is C40H57N5O11S2. The number of rotatable bonds is 14. The van der Waals surface area contributed by atoms with E-state index in [-0.39, 0.29) is 37.9 Å². The highest BCUT2D eigenvalue weighted by Crippen LogP contribution is 2.49. The summed E-state index contributed by atoms with van der Waals surface area (Å²) in [6, 6.07) is 8.71. The number of imide groups is 1. The predicted octanol–water partition coefficient (Wildman–Crippen LogP) is 3.59. The number of carbonyl (C=O) groups excluding carboxylic acids is 3. The molecular weight excluding hydrogens is 791 g/mol. The van der Waals surface area contributed by atoms with Crippen LogP contribution in [0.25, 0.3) is 0 Å². The third-order valence-corrected chi connectivity index (χ3v) is 12.7. The van der Waals surface area contributed by atoms with Crippen molar-refractivity contribution in [3.8, 4) is 11.5 Å². The van der Waals surface area contributed by atoms with Crippen molar-refractivity contribution in [2.45, 2.75) is 123 Å². The molecule has 2 amide bonds. The Kier molecular flexibility index (Phi) is 14.1. The fourth-order valence-corrected chi connectivity index (χ4v) is 9.83. The summed E-state index contributed by atoms with van der Waals surface area (Å²) in [6.45, 7) is 17.6. The van der Waals surface area contributed by atoms with Gasteiger partial charge < -0.3 is 19.0 Å². The van der Waals surface area contributed by atoms with E-state index < -0.39 is 55.2 Å². The number of fused-ring (bicyclic) bond motifs is 4. The summed E-state index contributed by atoms with van der Waals surface area (Å²) in [4.78, 5) is 50.6. The second-order valence-corrected chi connectivity index (χ2v) is 19.5. The predicted molar refractivity (Wildman–Crippen MR) is 216 cm³/mol. The molecule has 58 heavy (non-hydrogen) atoms. The molecule has 320 valence electrons. The summed E-state index contributed by atoms with van der Waals surface area (Å²) >= 11 is 0. The number of anilines is 1. The molecule has 0 saturated carbocycles. The van der Waals surface area contributed by atoms with Crippen molar-refractivity contribution in [1.82, 2.24) is 14.5 Å². The van der Waals surface area contributed by atoms with Crippen LogP contribution in [-0.2, 0) is 45.9 Å². The van der Waals surface area contributed by atoms with Gasteiger partial charge in [0.2, 0.25) is 5.36 Å². The van der Waals surface area contributed by atoms with E-state index >= 15 is 0 Å². The molecule has 0 aliphatic carbocycles. The van der Waals surface area contributed by atoms with E-state index in [0.29, 0.717) is 77.0 Å². The maximum Gasteiger partial charge on any atom is 0.333 e. The Hall–Kier alpha value is -3.97. The summed E-state index contributed by atoms with van der Waals surface area (Å²) in [5.41, 5.74) is 2.10. The number of benzene rings is 2. The molecule has 1 unspecified atom stereocenters. The van der Waals surface area contributed by atoms with Gasteiger partial charge in [0.05, 0.1) is 21.9 Å². The first-order valence-corrected chi connectivity index (χ1v) is 23.2. The number of carbonyl (C=O) groups is 3. The van der Waals surface area contributed by atoms with E-state index in [1.54, 1.807) is 12.1 Å². The zero-order valence-electron chi connectivity index (χ0n) is 34.5. The monoisotopic (exact) mass is 847 g/mol. The normalized spacial score (nSPS) is 18.6. The molecule has 2 aromatic carbocycles. The smallest absolute Gasteiger partial charge is 0.333 e. The van der Waals surface area contributed by atoms with Gasteiger partial charge in [0.25, 0.3) is 21.9 Å². The molecule has 0 radical (unpaired) electrons. The van der Waals surface area contributed by atoms with Crippen LogP contribution in [-0.4, -0.2) is 109 Å². The lowest BCUT2D eigenvalue weighted by Gasteiger charge is -2.48. The van der Waals surface area contributed by atoms with Crippen molar-refractivity contribution in [1.29, 1.82) is 0 Å². The molecule has 1 saturated heterocycles. The number of ether oxygens (including phenoxy) is 1. The average Bonchev–Trinajstić information content (AvgIpc) is 3.41. The van der Waals surface area contributed by atoms with Crippen LogP contribution >= 0.6 is 0 Å². The van der Waals surface area contributed by atoms with Crippen LogP contribution in [0.2, 0.25) is 0 Å². The minimum atomic E-state index is -4.59. The zero-order chi connectivity index (χ0) is 42.7. The lowest BCUT2D eigenvalue weighted by atomic mass is 9.79. The van der Waals surface area contributed by atoms with Crippen LogP contribution in [0.3, 0.4) is 0 Å². The molecule has 6 rings (SSSR count). The second-order valence-electron chi connectivity index (χ2n) is 16.5. The molecule has 1 fully saturated rings. The summed E-state index contributed by atoms with van der Waals surface area (Å²) in [5.74, 6) is -2.51. The van der Waals surface area contributed by atoms with Crippen molar-refractivity contribution in [3.05, 3.63) is 46.1 Å². The number of amides is 2. The first kappa shape index (κ1) is 45.1. The molecule has 4 heterocycles. The van der Waals surface area contributed by atoms with Crippen molar-refractivity contribution >= 4 is 49.4 Å². The molecule has 4 aliphatic rings. The second kappa shape index (κ2) is 18.1. The molecule has 18 heteroatoms. The van der Waals surface area contributed by atoms with Crippen molar-refractivity contribution in [2.24, 2.45) is 4.99 Å². The van der Waals surface area contributed by atoms with Gasteiger partial charge >= 0.3 is 5.97 Å². The third-order valence-electron chi connectivity index (χ3n) is 11.0. The Morgan fingerprint density at radius 1 is 1.03 bits per heavy atom. The fraction of sp³-hybridized carbons (Fsp3) is 0.625. The van der Waals surface area contributed by atoms with Crippen molar-refractivity contribution < 1.29 is 49.9 Å². The Balaban J connectivity index is 0.000000637. The van der Waals surface area contributed by atoms with Crippen molar-refractivity contribution in [3.63, 3.8) is 0 Å². The highest BCUT2D eigenvalue weighted by atomic mass is 32.2. The molecule has 1 N–H and O–H groups in total. The van der Waals surface area contributed by atoms with Crippen LogP contribution in [0.15, 0.2) is 29.3 Å². The Morgan fingerprint density at radius 3 is 2.29 bits per heavy atom. The molecule has 4 aliphatic heterocycles. The minimum absolute atomic E-state index is 0.00789. The first-order chi connectivity index (χ1) is 27.1. The van der Waals surface area contributed by atoms with Crippen LogP contribution in [0.4, 0.5) is 11.4 Å². The van der Waals surface area contributed by atoms with Crippen molar-refractivity contribution in [2.75, 3.05) is 42.6 Å². The van der Waals surface area contributed by atoms with E-state index in [9.17, 15) is 40.3 Å². The largest absolute Gasteiger partial charge is 0.748 e. The minimum Gasteiger partial charge on any atom is -0.748 e. The van der Waals surface area contributed by atoms with Gasteiger partial charge in [-0.1, -0.05) is 6.92 Å². The van der Waals surface area contributed by atoms with E-state index in [2.05, 4.69) is 44.1 Å². The molecule has 16 nitrogen and oxygen atoms in total. The van der Waals surface area contributed by atoms with Crippen LogP contribution in [0.1, 0.15) is 110 Å². The fourth-order valence-electron chi connectivity index (χ4n) is 8.55. The molecule has 1 atom stereocenters. The average molecular weight is 848 g/mol. The summed E-state index contributed by atoms with van der Waals surface area (Å²) < 4.78 is 76.2. The Labute approximate surface area is 341 Å². The Morgan fingerprint density at radius 2 is 1.71 bits per heavy atom. The lowest BCUT2D eigenvalue weighted by molar-refractivity contribution is -0.197. The molecule has 2 aromatic rings. The maximum atomic E-state index is 12.5. The van der Waals surface area contributed by atoms with Gasteiger partial charge in [0.15, 0.2) is 11.5 Å². The molecule has 0 bridgehead atoms. The van der Waals surface area contributed by atoms with Gasteiger partial charge in [0, 0.05) is 85.3 Å². The number of hydrogen-bond acceptors (Lipinski definition) is 13. The summed E-state index contributed by atoms with van der Waals surface area (Å²) in [6.07, 6.45) is 2.41. The van der Waals surface area contributed by atoms with E-state index in [0.717, 1.165) is 30.3 Å². The van der Waals surface area contributed by atoms with Gasteiger partial charge in [-0.25, -0.2) is 22.8 Å². The maximum absolute atomic E-state index is 12.5. The zero-order valence-corrected chi connectivity index (χ0v) is 36.2. The topological polar surface area (TPSA) is 206 Å². The van der Waals surface area contributed by atoms with E-state index in [1.165, 1.54) is 0 Å². The van der Waals surface area contributed by atoms with E-state index in [4.69, 9.17) is 14.6 Å². The molecule has 0 spiro atoms. The standard InChI is InChI=1S/C32H38N4O11S2.C8H19N/c1-32(2)18-21(19-49(43,44)45)22-15-24-28(17-26(22)35(32)12-4-7-31(39)47-36-29(37)8-9-30(36)38)46-27-16-25-20(14-23(27)33-24)6-3-10-34(25)11-5-13-48(40,41)42;1-6-9(7(2)3)8(4)5/h14-17,21H,3-13,18-19H2,1-2H3,(H-,40,41,42,43,44,45);7-8H,6H2,1-5H3. The number of hydroxylamine groups is 2. The summed E-state index contributed by atoms with van der Waals surface area (Å²) in [5, 5.41) is 1.99. The van der Waals surface area contributed by atoms with Crippen LogP contribution < -0.4 is 24.9 Å². The van der Waals surface area contributed by atoms with E-state index in [1.807, 2.05) is 30.9 Å². The van der Waals surface area contributed by atoms with Crippen LogP contribution in [0.5, 0.6) is 11.5 Å². The van der Waals surface area contributed by atoms with Gasteiger partial charge in [-0.15, -0.1) is 5.06 Å². The third kappa shape index (κ3) is 11.2. The quantitative estimate of drug-likeness (QED) is 0.140. The first-order valence-electron chi connectivity index (χ1n) is 20.0. The Bertz CT molecular complexity index is 2240. The number of hydrogen-bond donors (Lipinski definition) is 1. The number of nitrogens with zero attached hydrogens (tertiary/aromatic N) is 5. The molecule has 0 aromatic heterocycles.